The molecule has 24 heavy (non-hydrogen) atoms. The van der Waals surface area contributed by atoms with Gasteiger partial charge >= 0.3 is 6.18 Å². The van der Waals surface area contributed by atoms with E-state index in [9.17, 15) is 18.0 Å². The fraction of sp³-hybridized carbons (Fsp3) is 0.333. The van der Waals surface area contributed by atoms with E-state index in [4.69, 9.17) is 0 Å². The zero-order chi connectivity index (χ0) is 17.0. The first-order chi connectivity index (χ1) is 10.8. The topological polar surface area (TPSA) is 58.9 Å². The Morgan fingerprint density at radius 1 is 1.33 bits per heavy atom. The molecule has 1 heterocycles. The summed E-state index contributed by atoms with van der Waals surface area (Å²) in [5.74, 6) is -0.294. The van der Waals surface area contributed by atoms with Crippen molar-refractivity contribution in [2.45, 2.75) is 19.1 Å². The van der Waals surface area contributed by atoms with E-state index in [0.29, 0.717) is 17.8 Å². The van der Waals surface area contributed by atoms with Crippen molar-refractivity contribution >= 4 is 18.3 Å². The fourth-order valence-electron chi connectivity index (χ4n) is 1.86. The zero-order valence-corrected chi connectivity index (χ0v) is 13.9. The van der Waals surface area contributed by atoms with Gasteiger partial charge in [-0.1, -0.05) is 6.07 Å². The molecule has 132 valence electrons. The number of aromatic nitrogens is 2. The minimum atomic E-state index is -4.50. The normalized spacial score (nSPS) is 12.4. The maximum absolute atomic E-state index is 12.6. The fourth-order valence-corrected chi connectivity index (χ4v) is 1.86. The number of alkyl halides is 3. The third-order valence-electron chi connectivity index (χ3n) is 3.31. The molecule has 1 unspecified atom stereocenters. The monoisotopic (exact) mass is 362 g/mol. The van der Waals surface area contributed by atoms with Crippen molar-refractivity contribution in [1.82, 2.24) is 20.4 Å². The zero-order valence-electron chi connectivity index (χ0n) is 13.1. The van der Waals surface area contributed by atoms with E-state index in [1.807, 2.05) is 6.92 Å². The lowest BCUT2D eigenvalue weighted by molar-refractivity contribution is -0.141. The number of nitrogens with one attached hydrogen (secondary N) is 2. The molecule has 0 fully saturated rings. The highest BCUT2D eigenvalue weighted by Gasteiger charge is 2.33. The number of hydrogen-bond donors (Lipinski definition) is 2. The number of nitrogens with zero attached hydrogens (tertiary/aromatic N) is 2. The number of hydrogen-bond acceptors (Lipinski definition) is 3. The predicted octanol–water partition coefficient (Wildman–Crippen LogP) is 2.65. The molecule has 2 rings (SSSR count). The van der Waals surface area contributed by atoms with E-state index < -0.39 is 11.9 Å². The van der Waals surface area contributed by atoms with E-state index in [1.165, 1.54) is 12.3 Å². The number of rotatable bonds is 5. The molecule has 1 aromatic carbocycles. The third-order valence-corrected chi connectivity index (χ3v) is 3.31. The van der Waals surface area contributed by atoms with Gasteiger partial charge in [0, 0.05) is 24.3 Å². The number of benzene rings is 1. The number of carbonyl (C=O) groups is 1. The Hall–Kier alpha value is -2.06. The molecular weight excluding hydrogens is 345 g/mol. The van der Waals surface area contributed by atoms with Crippen LogP contribution in [0.2, 0.25) is 0 Å². The molecule has 0 saturated carbocycles. The molecule has 0 aliphatic carbocycles. The second-order valence-electron chi connectivity index (χ2n) is 5.09. The van der Waals surface area contributed by atoms with Gasteiger partial charge in [-0.2, -0.15) is 18.3 Å². The molecule has 0 bridgehead atoms. The Morgan fingerprint density at radius 3 is 2.62 bits per heavy atom. The van der Waals surface area contributed by atoms with Crippen LogP contribution in [0.5, 0.6) is 0 Å². The molecule has 0 radical (unpaired) electrons. The van der Waals surface area contributed by atoms with Crippen molar-refractivity contribution in [3.8, 4) is 5.69 Å². The van der Waals surface area contributed by atoms with Crippen LogP contribution in [0.3, 0.4) is 0 Å². The van der Waals surface area contributed by atoms with Crippen molar-refractivity contribution in [1.29, 1.82) is 0 Å². The number of carbonyl (C=O) groups excluding carboxylic acids is 1. The smallest absolute Gasteiger partial charge is 0.350 e. The maximum atomic E-state index is 12.6. The summed E-state index contributed by atoms with van der Waals surface area (Å²) in [7, 11) is 1.79. The lowest BCUT2D eigenvalue weighted by Gasteiger charge is -2.12. The Bertz CT molecular complexity index is 687. The Labute approximate surface area is 143 Å². The van der Waals surface area contributed by atoms with Crippen molar-refractivity contribution < 1.29 is 18.0 Å². The molecule has 1 atom stereocenters. The molecule has 2 aromatic rings. The van der Waals surface area contributed by atoms with E-state index >= 15 is 0 Å². The molecule has 1 amide bonds. The SMILES string of the molecule is CNC(C)CNC(=O)c1cccc(-n2ccc(C(F)(F)F)n2)c1.Cl. The summed E-state index contributed by atoms with van der Waals surface area (Å²) >= 11 is 0. The minimum absolute atomic E-state index is 0. The van der Waals surface area contributed by atoms with Crippen LogP contribution in [0.25, 0.3) is 5.69 Å². The van der Waals surface area contributed by atoms with Gasteiger partial charge in [0.2, 0.25) is 0 Å². The van der Waals surface area contributed by atoms with Crippen LogP contribution in [0.1, 0.15) is 23.0 Å². The number of halogens is 4. The van der Waals surface area contributed by atoms with E-state index in [0.717, 1.165) is 10.7 Å². The largest absolute Gasteiger partial charge is 0.435 e. The average molecular weight is 363 g/mol. The Kier molecular flexibility index (Phi) is 6.80. The Balaban J connectivity index is 0.00000288. The van der Waals surface area contributed by atoms with Gasteiger partial charge in [-0.05, 0) is 38.2 Å². The summed E-state index contributed by atoms with van der Waals surface area (Å²) in [6.07, 6.45) is -3.29. The van der Waals surface area contributed by atoms with Crippen LogP contribution in [0.4, 0.5) is 13.2 Å². The van der Waals surface area contributed by atoms with Crippen molar-refractivity contribution in [3.05, 3.63) is 47.8 Å². The molecule has 0 spiro atoms. The second kappa shape index (κ2) is 8.16. The van der Waals surface area contributed by atoms with Crippen molar-refractivity contribution in [3.63, 3.8) is 0 Å². The minimum Gasteiger partial charge on any atom is -0.350 e. The van der Waals surface area contributed by atoms with Crippen LogP contribution in [0.15, 0.2) is 36.5 Å². The standard InChI is InChI=1S/C15H17F3N4O.ClH/c1-10(19-2)9-20-14(23)11-4-3-5-12(8-11)22-7-6-13(21-22)15(16,17)18;/h3-8,10,19H,9H2,1-2H3,(H,20,23);1H. The summed E-state index contributed by atoms with van der Waals surface area (Å²) in [6.45, 7) is 2.36. The van der Waals surface area contributed by atoms with Crippen LogP contribution in [-0.2, 0) is 6.18 Å². The molecular formula is C15H18ClF3N4O. The van der Waals surface area contributed by atoms with Crippen LogP contribution in [-0.4, -0.2) is 35.3 Å². The van der Waals surface area contributed by atoms with Gasteiger partial charge in [-0.3, -0.25) is 4.79 Å². The summed E-state index contributed by atoms with van der Waals surface area (Å²) in [5.41, 5.74) is -0.236. The van der Waals surface area contributed by atoms with Gasteiger partial charge in [-0.25, -0.2) is 4.68 Å². The van der Waals surface area contributed by atoms with Crippen LogP contribution >= 0.6 is 12.4 Å². The number of likely N-dealkylation sites (N-methyl/N-ethyl adjacent to an activating group) is 1. The summed E-state index contributed by atoms with van der Waals surface area (Å²) in [4.78, 5) is 12.1. The highest BCUT2D eigenvalue weighted by molar-refractivity contribution is 5.94. The lowest BCUT2D eigenvalue weighted by Crippen LogP contribution is -2.37. The van der Waals surface area contributed by atoms with E-state index in [-0.39, 0.29) is 24.4 Å². The summed E-state index contributed by atoms with van der Waals surface area (Å²) < 4.78 is 38.9. The first-order valence-electron chi connectivity index (χ1n) is 7.00. The molecule has 0 aliphatic heterocycles. The first kappa shape index (κ1) is 20.0. The maximum Gasteiger partial charge on any atom is 0.435 e. The predicted molar refractivity (Wildman–Crippen MR) is 86.7 cm³/mol. The van der Waals surface area contributed by atoms with Gasteiger partial charge in [-0.15, -0.1) is 12.4 Å². The summed E-state index contributed by atoms with van der Waals surface area (Å²) in [6, 6.07) is 7.27. The van der Waals surface area contributed by atoms with Gasteiger partial charge in [0.1, 0.15) is 0 Å². The van der Waals surface area contributed by atoms with Crippen LogP contribution in [0, 0.1) is 0 Å². The lowest BCUT2D eigenvalue weighted by atomic mass is 10.2. The molecule has 2 N–H and O–H groups in total. The van der Waals surface area contributed by atoms with Crippen LogP contribution < -0.4 is 10.6 Å². The molecule has 9 heteroatoms. The van der Waals surface area contributed by atoms with Gasteiger partial charge in [0.15, 0.2) is 5.69 Å². The van der Waals surface area contributed by atoms with Crippen molar-refractivity contribution in [2.75, 3.05) is 13.6 Å². The Morgan fingerprint density at radius 2 is 2.04 bits per heavy atom. The highest BCUT2D eigenvalue weighted by Crippen LogP contribution is 2.27. The second-order valence-corrected chi connectivity index (χ2v) is 5.09. The average Bonchev–Trinajstić information content (AvgIpc) is 3.02. The molecule has 5 nitrogen and oxygen atoms in total. The molecule has 0 aliphatic rings. The third kappa shape index (κ3) is 4.97. The summed E-state index contributed by atoms with van der Waals surface area (Å²) in [5, 5.41) is 9.23. The molecule has 1 aromatic heterocycles. The quantitative estimate of drug-likeness (QED) is 0.859. The highest BCUT2D eigenvalue weighted by atomic mass is 35.5. The van der Waals surface area contributed by atoms with Gasteiger partial charge < -0.3 is 10.6 Å². The first-order valence-corrected chi connectivity index (χ1v) is 7.00. The van der Waals surface area contributed by atoms with E-state index in [2.05, 4.69) is 15.7 Å². The van der Waals surface area contributed by atoms with Gasteiger partial charge in [0.25, 0.3) is 5.91 Å². The number of amides is 1. The van der Waals surface area contributed by atoms with E-state index in [1.54, 1.807) is 25.2 Å². The molecule has 0 saturated heterocycles. The van der Waals surface area contributed by atoms with Gasteiger partial charge in [0.05, 0.1) is 5.69 Å². The van der Waals surface area contributed by atoms with Crippen molar-refractivity contribution in [2.24, 2.45) is 0 Å².